The molecule has 0 fully saturated rings. The standard InChI is InChI=1S/C21H15NO/c23-22-13-21-17-10-4-1-7-14(17)20(15-8-2-5-11-18(15)21)16-9-3-6-12-19(16)21/h1-13,20,23H/b22-13-. The van der Waals surface area contributed by atoms with Gasteiger partial charge in [0.1, 0.15) is 0 Å². The summed E-state index contributed by atoms with van der Waals surface area (Å²) in [5, 5.41) is 13.0. The molecule has 3 aliphatic rings. The maximum atomic E-state index is 9.48. The van der Waals surface area contributed by atoms with Gasteiger partial charge in [0.05, 0.1) is 11.6 Å². The summed E-state index contributed by atoms with van der Waals surface area (Å²) in [4.78, 5) is 0. The molecule has 6 rings (SSSR count). The van der Waals surface area contributed by atoms with E-state index in [2.05, 4.69) is 78.0 Å². The molecule has 3 aliphatic carbocycles. The average Bonchev–Trinajstić information content (AvgIpc) is 2.62. The van der Waals surface area contributed by atoms with Gasteiger partial charge < -0.3 is 5.21 Å². The molecule has 0 radical (unpaired) electrons. The number of hydrogen-bond donors (Lipinski definition) is 1. The van der Waals surface area contributed by atoms with Crippen LogP contribution in [0.5, 0.6) is 0 Å². The predicted octanol–water partition coefficient (Wildman–Crippen LogP) is 4.29. The molecule has 3 aromatic rings. The van der Waals surface area contributed by atoms with Gasteiger partial charge in [-0.15, -0.1) is 5.16 Å². The minimum atomic E-state index is -0.507. The van der Waals surface area contributed by atoms with Crippen LogP contribution < -0.4 is 0 Å². The van der Waals surface area contributed by atoms with E-state index < -0.39 is 5.41 Å². The minimum Gasteiger partial charge on any atom is -0.411 e. The van der Waals surface area contributed by atoms with E-state index in [0.717, 1.165) is 0 Å². The first-order valence-electron chi connectivity index (χ1n) is 7.84. The van der Waals surface area contributed by atoms with Gasteiger partial charge in [0, 0.05) is 5.92 Å². The first kappa shape index (κ1) is 12.7. The summed E-state index contributed by atoms with van der Waals surface area (Å²) in [6, 6.07) is 25.6. The molecule has 2 nitrogen and oxygen atoms in total. The highest BCUT2D eigenvalue weighted by atomic mass is 16.4. The number of oxime groups is 1. The molecule has 110 valence electrons. The lowest BCUT2D eigenvalue weighted by atomic mass is 9.53. The van der Waals surface area contributed by atoms with E-state index in [9.17, 15) is 5.21 Å². The van der Waals surface area contributed by atoms with Crippen LogP contribution in [0.1, 0.15) is 39.3 Å². The quantitative estimate of drug-likeness (QED) is 0.406. The third-order valence-electron chi connectivity index (χ3n) is 5.34. The summed E-state index contributed by atoms with van der Waals surface area (Å²) in [5.41, 5.74) is 7.09. The first-order valence-corrected chi connectivity index (χ1v) is 7.84. The van der Waals surface area contributed by atoms with Crippen molar-refractivity contribution in [2.45, 2.75) is 11.3 Å². The lowest BCUT2D eigenvalue weighted by molar-refractivity contribution is 0.318. The Balaban J connectivity index is 2.02. The first-order chi connectivity index (χ1) is 11.4. The summed E-state index contributed by atoms with van der Waals surface area (Å²) in [7, 11) is 0. The van der Waals surface area contributed by atoms with E-state index in [1.54, 1.807) is 6.21 Å². The van der Waals surface area contributed by atoms with Gasteiger partial charge in [-0.25, -0.2) is 0 Å². The van der Waals surface area contributed by atoms with E-state index in [1.807, 2.05) is 0 Å². The molecule has 2 heteroatoms. The molecule has 0 aromatic heterocycles. The molecule has 0 aliphatic heterocycles. The summed E-state index contributed by atoms with van der Waals surface area (Å²) in [6.07, 6.45) is 1.69. The molecule has 3 aromatic carbocycles. The van der Waals surface area contributed by atoms with Crippen molar-refractivity contribution in [3.8, 4) is 0 Å². The molecule has 0 atom stereocenters. The molecule has 0 heterocycles. The Bertz CT molecular complexity index is 842. The van der Waals surface area contributed by atoms with Crippen molar-refractivity contribution < 1.29 is 5.21 Å². The monoisotopic (exact) mass is 297 g/mol. The molecule has 2 bridgehead atoms. The smallest absolute Gasteiger partial charge is 0.0846 e. The van der Waals surface area contributed by atoms with Crippen LogP contribution in [0.3, 0.4) is 0 Å². The van der Waals surface area contributed by atoms with Crippen molar-refractivity contribution in [3.05, 3.63) is 106 Å². The Morgan fingerprint density at radius 1 is 0.696 bits per heavy atom. The van der Waals surface area contributed by atoms with Crippen LogP contribution in [-0.4, -0.2) is 11.4 Å². The second kappa shape index (κ2) is 4.32. The Labute approximate surface area is 134 Å². The average molecular weight is 297 g/mol. The summed E-state index contributed by atoms with van der Waals surface area (Å²) >= 11 is 0. The van der Waals surface area contributed by atoms with Crippen LogP contribution in [0, 0.1) is 0 Å². The zero-order valence-corrected chi connectivity index (χ0v) is 12.5. The van der Waals surface area contributed by atoms with Crippen LogP contribution in [0.15, 0.2) is 78.0 Å². The van der Waals surface area contributed by atoms with Crippen LogP contribution >= 0.6 is 0 Å². The number of rotatable bonds is 1. The summed E-state index contributed by atoms with van der Waals surface area (Å²) in [5.74, 6) is 0.257. The second-order valence-electron chi connectivity index (χ2n) is 6.25. The maximum Gasteiger partial charge on any atom is 0.0846 e. The highest BCUT2D eigenvalue weighted by molar-refractivity contribution is 5.91. The highest BCUT2D eigenvalue weighted by Crippen LogP contribution is 2.58. The van der Waals surface area contributed by atoms with Crippen LogP contribution in [0.2, 0.25) is 0 Å². The third-order valence-corrected chi connectivity index (χ3v) is 5.34. The van der Waals surface area contributed by atoms with Gasteiger partial charge >= 0.3 is 0 Å². The van der Waals surface area contributed by atoms with Gasteiger partial charge in [-0.05, 0) is 33.4 Å². The minimum absolute atomic E-state index is 0.257. The van der Waals surface area contributed by atoms with Gasteiger partial charge in [0.25, 0.3) is 0 Å². The molecule has 0 amide bonds. The molecule has 0 unspecified atom stereocenters. The normalized spacial score (nSPS) is 23.4. The van der Waals surface area contributed by atoms with Crippen molar-refractivity contribution in [2.75, 3.05) is 0 Å². The zero-order chi connectivity index (χ0) is 15.4. The molecular weight excluding hydrogens is 282 g/mol. The maximum absolute atomic E-state index is 9.48. The Morgan fingerprint density at radius 2 is 1.09 bits per heavy atom. The largest absolute Gasteiger partial charge is 0.411 e. The topological polar surface area (TPSA) is 32.6 Å². The van der Waals surface area contributed by atoms with E-state index in [0.29, 0.717) is 0 Å². The molecule has 0 saturated heterocycles. The van der Waals surface area contributed by atoms with Crippen molar-refractivity contribution in [1.82, 2.24) is 0 Å². The van der Waals surface area contributed by atoms with Crippen molar-refractivity contribution >= 4 is 6.21 Å². The van der Waals surface area contributed by atoms with E-state index in [4.69, 9.17) is 0 Å². The van der Waals surface area contributed by atoms with Crippen LogP contribution in [0.4, 0.5) is 0 Å². The summed E-state index contributed by atoms with van der Waals surface area (Å²) < 4.78 is 0. The molecule has 1 N–H and O–H groups in total. The van der Waals surface area contributed by atoms with Gasteiger partial charge in [0.15, 0.2) is 0 Å². The molecule has 23 heavy (non-hydrogen) atoms. The van der Waals surface area contributed by atoms with Gasteiger partial charge in [-0.3, -0.25) is 0 Å². The number of nitrogens with zero attached hydrogens (tertiary/aromatic N) is 1. The predicted molar refractivity (Wildman–Crippen MR) is 90.4 cm³/mol. The van der Waals surface area contributed by atoms with Crippen LogP contribution in [0.25, 0.3) is 0 Å². The molecule has 0 saturated carbocycles. The van der Waals surface area contributed by atoms with Gasteiger partial charge in [-0.1, -0.05) is 72.8 Å². The Kier molecular flexibility index (Phi) is 2.38. The zero-order valence-electron chi connectivity index (χ0n) is 12.5. The van der Waals surface area contributed by atoms with Crippen LogP contribution in [-0.2, 0) is 5.41 Å². The van der Waals surface area contributed by atoms with Gasteiger partial charge in [-0.2, -0.15) is 0 Å². The summed E-state index contributed by atoms with van der Waals surface area (Å²) in [6.45, 7) is 0. The third kappa shape index (κ3) is 1.36. The fraction of sp³-hybridized carbons (Fsp3) is 0.0952. The fourth-order valence-corrected chi connectivity index (χ4v) is 4.56. The van der Waals surface area contributed by atoms with Crippen molar-refractivity contribution in [1.29, 1.82) is 0 Å². The number of hydrogen-bond acceptors (Lipinski definition) is 2. The van der Waals surface area contributed by atoms with Gasteiger partial charge in [0.2, 0.25) is 0 Å². The SMILES string of the molecule is O/N=C\C12c3ccccc3C(c3ccccc31)c1ccccc12. The van der Waals surface area contributed by atoms with E-state index in [-0.39, 0.29) is 5.92 Å². The highest BCUT2D eigenvalue weighted by Gasteiger charge is 2.50. The second-order valence-corrected chi connectivity index (χ2v) is 6.25. The molecule has 0 spiro atoms. The van der Waals surface area contributed by atoms with Crippen molar-refractivity contribution in [2.24, 2.45) is 5.16 Å². The van der Waals surface area contributed by atoms with E-state index >= 15 is 0 Å². The number of benzene rings is 3. The van der Waals surface area contributed by atoms with Crippen molar-refractivity contribution in [3.63, 3.8) is 0 Å². The molecular formula is C21H15NO. The Hall–Kier alpha value is -2.87. The fourth-order valence-electron chi connectivity index (χ4n) is 4.56. The van der Waals surface area contributed by atoms with E-state index in [1.165, 1.54) is 33.4 Å². The lowest BCUT2D eigenvalue weighted by Gasteiger charge is -2.48. The Morgan fingerprint density at radius 3 is 1.48 bits per heavy atom. The lowest BCUT2D eigenvalue weighted by Crippen LogP contribution is -2.43.